The van der Waals surface area contributed by atoms with Crippen LogP contribution in [0.5, 0.6) is 0 Å². The Morgan fingerprint density at radius 3 is 2.33 bits per heavy atom. The first kappa shape index (κ1) is 14.4. The van der Waals surface area contributed by atoms with Gasteiger partial charge >= 0.3 is 0 Å². The molecule has 110 valence electrons. The maximum atomic E-state index is 12.4. The van der Waals surface area contributed by atoms with Crippen LogP contribution in [0.1, 0.15) is 18.4 Å². The minimum atomic E-state index is -0.314. The fraction of sp³-hybridized carbons (Fsp3) is 0.333. The zero-order valence-electron chi connectivity index (χ0n) is 11.5. The third-order valence-corrected chi connectivity index (χ3v) is 4.43. The lowest BCUT2D eigenvalue weighted by Crippen LogP contribution is -2.31. The number of imide groups is 1. The van der Waals surface area contributed by atoms with Crippen molar-refractivity contribution in [1.29, 1.82) is 0 Å². The van der Waals surface area contributed by atoms with Crippen LogP contribution in [0.4, 0.5) is 0 Å². The molecule has 1 saturated heterocycles. The number of amides is 2. The zero-order valence-corrected chi connectivity index (χ0v) is 13.0. The quantitative estimate of drug-likeness (QED) is 0.785. The second-order valence-corrected chi connectivity index (χ2v) is 6.05. The molecule has 0 aliphatic carbocycles. The first-order valence-electron chi connectivity index (χ1n) is 6.77. The molecule has 0 N–H and O–H groups in total. The molecule has 0 atom stereocenters. The van der Waals surface area contributed by atoms with Gasteiger partial charge in [-0.3, -0.25) is 14.5 Å². The fourth-order valence-corrected chi connectivity index (χ4v) is 3.30. The van der Waals surface area contributed by atoms with E-state index in [0.717, 1.165) is 30.8 Å². The fourth-order valence-electron chi connectivity index (χ4n) is 2.80. The molecule has 0 radical (unpaired) electrons. The molecule has 2 amide bonds. The summed E-state index contributed by atoms with van der Waals surface area (Å²) in [6.45, 7) is 1.58. The highest BCUT2D eigenvalue weighted by Gasteiger charge is 2.40. The van der Waals surface area contributed by atoms with Crippen molar-refractivity contribution >= 4 is 40.6 Å². The van der Waals surface area contributed by atoms with Gasteiger partial charge in [0.25, 0.3) is 11.8 Å². The van der Waals surface area contributed by atoms with Crippen LogP contribution in [0.25, 0.3) is 5.57 Å². The molecule has 1 aromatic carbocycles. The molecule has 1 fully saturated rings. The van der Waals surface area contributed by atoms with Gasteiger partial charge in [-0.15, -0.1) is 0 Å². The molecule has 0 saturated carbocycles. The van der Waals surface area contributed by atoms with Gasteiger partial charge in [0.2, 0.25) is 0 Å². The first-order valence-corrected chi connectivity index (χ1v) is 7.53. The average Bonchev–Trinajstić information content (AvgIpc) is 3.03. The summed E-state index contributed by atoms with van der Waals surface area (Å²) in [4.78, 5) is 28.0. The molecule has 6 heteroatoms. The van der Waals surface area contributed by atoms with Crippen LogP contribution in [0.3, 0.4) is 0 Å². The van der Waals surface area contributed by atoms with Crippen molar-refractivity contribution in [1.82, 2.24) is 9.80 Å². The van der Waals surface area contributed by atoms with E-state index >= 15 is 0 Å². The van der Waals surface area contributed by atoms with E-state index < -0.39 is 0 Å². The molecule has 2 aliphatic rings. The summed E-state index contributed by atoms with van der Waals surface area (Å²) in [7, 11) is 1.50. The van der Waals surface area contributed by atoms with Gasteiger partial charge in [0.15, 0.2) is 0 Å². The minimum Gasteiger partial charge on any atom is -0.366 e. The number of carbonyl (C=O) groups excluding carboxylic acids is 2. The van der Waals surface area contributed by atoms with Crippen molar-refractivity contribution in [3.8, 4) is 0 Å². The van der Waals surface area contributed by atoms with Crippen LogP contribution in [-0.4, -0.2) is 41.8 Å². The Labute approximate surface area is 132 Å². The number of benzene rings is 1. The predicted octanol–water partition coefficient (Wildman–Crippen LogP) is 2.80. The normalized spacial score (nSPS) is 19.2. The molecule has 0 unspecified atom stereocenters. The predicted molar refractivity (Wildman–Crippen MR) is 82.0 cm³/mol. The number of hydrogen-bond donors (Lipinski definition) is 0. The summed E-state index contributed by atoms with van der Waals surface area (Å²) in [5, 5.41) is 0.878. The van der Waals surface area contributed by atoms with Crippen LogP contribution >= 0.6 is 23.2 Å². The van der Waals surface area contributed by atoms with Gasteiger partial charge in [0.1, 0.15) is 5.70 Å². The van der Waals surface area contributed by atoms with Crippen LogP contribution in [0.2, 0.25) is 10.0 Å². The summed E-state index contributed by atoms with van der Waals surface area (Å²) >= 11 is 12.1. The maximum Gasteiger partial charge on any atom is 0.277 e. The number of rotatable bonds is 2. The molecule has 4 nitrogen and oxygen atoms in total. The number of nitrogens with zero attached hydrogens (tertiary/aromatic N) is 2. The topological polar surface area (TPSA) is 40.6 Å². The van der Waals surface area contributed by atoms with E-state index in [9.17, 15) is 9.59 Å². The summed E-state index contributed by atoms with van der Waals surface area (Å²) in [5.74, 6) is -0.575. The van der Waals surface area contributed by atoms with Crippen LogP contribution in [0, 0.1) is 0 Å². The Morgan fingerprint density at radius 1 is 1.05 bits per heavy atom. The second-order valence-electron chi connectivity index (χ2n) is 5.21. The Hall–Kier alpha value is -1.52. The van der Waals surface area contributed by atoms with Gasteiger partial charge in [0, 0.05) is 30.7 Å². The molecule has 1 aromatic rings. The SMILES string of the molecule is CN1C(=O)C(c2ccc(Cl)cc2Cl)=C(N2CCCC2)C1=O. The highest BCUT2D eigenvalue weighted by Crippen LogP contribution is 2.36. The van der Waals surface area contributed by atoms with Gasteiger partial charge in [-0.1, -0.05) is 29.3 Å². The van der Waals surface area contributed by atoms with Crippen molar-refractivity contribution in [2.24, 2.45) is 0 Å². The lowest BCUT2D eigenvalue weighted by atomic mass is 10.0. The van der Waals surface area contributed by atoms with Crippen molar-refractivity contribution in [2.75, 3.05) is 20.1 Å². The molecule has 0 spiro atoms. The molecular weight excluding hydrogens is 311 g/mol. The zero-order chi connectivity index (χ0) is 15.1. The Balaban J connectivity index is 2.18. The lowest BCUT2D eigenvalue weighted by molar-refractivity contribution is -0.135. The highest BCUT2D eigenvalue weighted by molar-refractivity contribution is 6.41. The van der Waals surface area contributed by atoms with E-state index in [1.165, 1.54) is 7.05 Å². The smallest absolute Gasteiger partial charge is 0.277 e. The van der Waals surface area contributed by atoms with E-state index in [2.05, 4.69) is 0 Å². The van der Waals surface area contributed by atoms with Crippen LogP contribution < -0.4 is 0 Å². The molecular formula is C15H14Cl2N2O2. The number of hydrogen-bond acceptors (Lipinski definition) is 3. The van der Waals surface area contributed by atoms with E-state index in [1.807, 2.05) is 4.90 Å². The van der Waals surface area contributed by atoms with Gasteiger partial charge < -0.3 is 4.90 Å². The standard InChI is InChI=1S/C15H14Cl2N2O2/c1-18-14(20)12(10-5-4-9(16)8-11(10)17)13(15(18)21)19-6-2-3-7-19/h4-5,8H,2-3,6-7H2,1H3. The van der Waals surface area contributed by atoms with Crippen molar-refractivity contribution in [3.63, 3.8) is 0 Å². The van der Waals surface area contributed by atoms with E-state index in [-0.39, 0.29) is 11.8 Å². The summed E-state index contributed by atoms with van der Waals surface area (Å²) < 4.78 is 0. The Kier molecular flexibility index (Phi) is 3.68. The summed E-state index contributed by atoms with van der Waals surface area (Å²) in [5.41, 5.74) is 1.40. The molecule has 0 aromatic heterocycles. The van der Waals surface area contributed by atoms with Gasteiger partial charge in [-0.05, 0) is 25.0 Å². The van der Waals surface area contributed by atoms with E-state index in [1.54, 1.807) is 18.2 Å². The Bertz CT molecular complexity index is 664. The largest absolute Gasteiger partial charge is 0.366 e. The lowest BCUT2D eigenvalue weighted by Gasteiger charge is -2.19. The van der Waals surface area contributed by atoms with Crippen molar-refractivity contribution in [2.45, 2.75) is 12.8 Å². The maximum absolute atomic E-state index is 12.4. The van der Waals surface area contributed by atoms with Gasteiger partial charge in [0.05, 0.1) is 10.6 Å². The summed E-state index contributed by atoms with van der Waals surface area (Å²) in [6.07, 6.45) is 2.05. The number of halogens is 2. The Morgan fingerprint density at radius 2 is 1.71 bits per heavy atom. The molecule has 0 bridgehead atoms. The molecule has 2 heterocycles. The molecule has 2 aliphatic heterocycles. The van der Waals surface area contributed by atoms with E-state index in [4.69, 9.17) is 23.2 Å². The first-order chi connectivity index (χ1) is 10.0. The third-order valence-electron chi connectivity index (χ3n) is 3.89. The van der Waals surface area contributed by atoms with Gasteiger partial charge in [-0.25, -0.2) is 0 Å². The van der Waals surface area contributed by atoms with Crippen LogP contribution in [-0.2, 0) is 9.59 Å². The number of likely N-dealkylation sites (N-methyl/N-ethyl adjacent to an activating group) is 1. The van der Waals surface area contributed by atoms with Crippen LogP contribution in [0.15, 0.2) is 23.9 Å². The van der Waals surface area contributed by atoms with Crippen molar-refractivity contribution in [3.05, 3.63) is 39.5 Å². The third kappa shape index (κ3) is 2.32. The van der Waals surface area contributed by atoms with E-state index in [0.29, 0.717) is 26.9 Å². The molecule has 3 rings (SSSR count). The highest BCUT2D eigenvalue weighted by atomic mass is 35.5. The minimum absolute atomic E-state index is 0.261. The monoisotopic (exact) mass is 324 g/mol. The van der Waals surface area contributed by atoms with Crippen molar-refractivity contribution < 1.29 is 9.59 Å². The number of likely N-dealkylation sites (tertiary alicyclic amines) is 1. The number of carbonyl (C=O) groups is 2. The van der Waals surface area contributed by atoms with Gasteiger partial charge in [-0.2, -0.15) is 0 Å². The second kappa shape index (κ2) is 5.35. The molecule has 21 heavy (non-hydrogen) atoms. The average molecular weight is 325 g/mol. The summed E-state index contributed by atoms with van der Waals surface area (Å²) in [6, 6.07) is 4.96.